The van der Waals surface area contributed by atoms with Gasteiger partial charge in [-0.15, -0.1) is 5.10 Å². The van der Waals surface area contributed by atoms with Gasteiger partial charge in [-0.2, -0.15) is 0 Å². The summed E-state index contributed by atoms with van der Waals surface area (Å²) in [5, 5.41) is 11.4. The van der Waals surface area contributed by atoms with Crippen LogP contribution in [0.3, 0.4) is 0 Å². The number of nitrogens with zero attached hydrogens (tertiary/aromatic N) is 4. The molecule has 1 aliphatic rings. The lowest BCUT2D eigenvalue weighted by Crippen LogP contribution is -2.48. The summed E-state index contributed by atoms with van der Waals surface area (Å²) in [5.41, 5.74) is 2.25. The Labute approximate surface area is 164 Å². The van der Waals surface area contributed by atoms with E-state index in [1.165, 1.54) is 0 Å². The number of aromatic nitrogens is 4. The molecule has 0 aliphatic carbocycles. The van der Waals surface area contributed by atoms with Gasteiger partial charge in [0, 0.05) is 6.42 Å². The molecule has 3 aromatic rings. The number of tetrazole rings is 1. The largest absolute Gasteiger partial charge is 0.371 e. The van der Waals surface area contributed by atoms with Crippen LogP contribution in [0.1, 0.15) is 30.7 Å². The van der Waals surface area contributed by atoms with Crippen molar-refractivity contribution in [2.24, 2.45) is 0 Å². The van der Waals surface area contributed by atoms with E-state index >= 15 is 0 Å². The quantitative estimate of drug-likeness (QED) is 0.627. The van der Waals surface area contributed by atoms with E-state index in [-0.39, 0.29) is 24.5 Å². The third-order valence-corrected chi connectivity index (χ3v) is 4.89. The molecule has 0 N–H and O–H groups in total. The van der Waals surface area contributed by atoms with Crippen LogP contribution in [-0.2, 0) is 27.4 Å². The van der Waals surface area contributed by atoms with Crippen LogP contribution in [0.25, 0.3) is 0 Å². The molecule has 28 heavy (non-hydrogen) atoms. The molecule has 0 radical (unpaired) electrons. The van der Waals surface area contributed by atoms with Crippen molar-refractivity contribution in [2.75, 3.05) is 0 Å². The van der Waals surface area contributed by atoms with Crippen molar-refractivity contribution < 1.29 is 14.2 Å². The molecule has 1 unspecified atom stereocenters. The van der Waals surface area contributed by atoms with Crippen molar-refractivity contribution in [3.05, 3.63) is 78.1 Å². The van der Waals surface area contributed by atoms with Crippen molar-refractivity contribution in [3.63, 3.8) is 0 Å². The van der Waals surface area contributed by atoms with Crippen LogP contribution in [0.2, 0.25) is 0 Å². The van der Waals surface area contributed by atoms with E-state index in [9.17, 15) is 0 Å². The summed E-state index contributed by atoms with van der Waals surface area (Å²) < 4.78 is 20.3. The Balaban J connectivity index is 1.46. The van der Waals surface area contributed by atoms with Crippen molar-refractivity contribution in [2.45, 2.75) is 51.1 Å². The number of rotatable bonds is 7. The molecule has 4 rings (SSSR count). The number of hydrogen-bond acceptors (Lipinski definition) is 6. The molecule has 1 fully saturated rings. The second kappa shape index (κ2) is 9.05. The molecular weight excluding hydrogens is 356 g/mol. The maximum Gasteiger partial charge on any atom is 0.156 e. The summed E-state index contributed by atoms with van der Waals surface area (Å²) in [6.45, 7) is 3.04. The highest BCUT2D eigenvalue weighted by Crippen LogP contribution is 2.31. The molecular formula is C21H24N4O3. The summed E-state index contributed by atoms with van der Waals surface area (Å²) in [4.78, 5) is 0. The Hall–Kier alpha value is -2.61. The highest BCUT2D eigenvalue weighted by atomic mass is 16.6. The number of hydrogen-bond donors (Lipinski definition) is 0. The fourth-order valence-electron chi connectivity index (χ4n) is 3.44. The predicted molar refractivity (Wildman–Crippen MR) is 102 cm³/mol. The van der Waals surface area contributed by atoms with Gasteiger partial charge in [0.1, 0.15) is 12.4 Å². The SMILES string of the molecule is C[C@@H]1OC(n2cnnn2)C[C@H](OCc2ccccc2)[C@H]1OCc1ccccc1. The fraction of sp³-hybridized carbons (Fsp3) is 0.381. The smallest absolute Gasteiger partial charge is 0.156 e. The topological polar surface area (TPSA) is 71.3 Å². The first-order chi connectivity index (χ1) is 13.8. The predicted octanol–water partition coefficient (Wildman–Crippen LogP) is 3.15. The average molecular weight is 380 g/mol. The van der Waals surface area contributed by atoms with Gasteiger partial charge in [0.25, 0.3) is 0 Å². The van der Waals surface area contributed by atoms with Crippen LogP contribution < -0.4 is 0 Å². The lowest BCUT2D eigenvalue weighted by atomic mass is 10.0. The molecule has 4 atom stereocenters. The van der Waals surface area contributed by atoms with Crippen LogP contribution in [-0.4, -0.2) is 38.5 Å². The average Bonchev–Trinajstić information content (AvgIpc) is 3.28. The molecule has 146 valence electrons. The first kappa shape index (κ1) is 18.7. The minimum Gasteiger partial charge on any atom is -0.371 e. The van der Waals surface area contributed by atoms with Crippen LogP contribution in [0.4, 0.5) is 0 Å². The standard InChI is InChI=1S/C21H24N4O3/c1-16-21(27-14-18-10-6-3-7-11-18)19(26-13-17-8-4-2-5-9-17)12-20(28-16)25-15-22-23-24-25/h2-11,15-16,19-21H,12-14H2,1H3/t16-,19-,20?,21-/m0/s1. The number of ether oxygens (including phenoxy) is 3. The summed E-state index contributed by atoms with van der Waals surface area (Å²) in [6, 6.07) is 20.3. The Morgan fingerprint density at radius 3 is 2.21 bits per heavy atom. The second-order valence-electron chi connectivity index (χ2n) is 6.92. The third-order valence-electron chi connectivity index (χ3n) is 4.89. The fourth-order valence-corrected chi connectivity index (χ4v) is 3.44. The van der Waals surface area contributed by atoms with E-state index < -0.39 is 0 Å². The van der Waals surface area contributed by atoms with E-state index in [1.807, 2.05) is 43.3 Å². The molecule has 1 saturated heterocycles. The Morgan fingerprint density at radius 1 is 0.964 bits per heavy atom. The van der Waals surface area contributed by atoms with E-state index in [2.05, 4.69) is 39.8 Å². The van der Waals surface area contributed by atoms with Gasteiger partial charge < -0.3 is 14.2 Å². The zero-order chi connectivity index (χ0) is 19.2. The highest BCUT2D eigenvalue weighted by Gasteiger charge is 2.39. The van der Waals surface area contributed by atoms with Gasteiger partial charge in [-0.05, 0) is 28.5 Å². The van der Waals surface area contributed by atoms with Crippen LogP contribution >= 0.6 is 0 Å². The highest BCUT2D eigenvalue weighted by molar-refractivity contribution is 5.14. The zero-order valence-electron chi connectivity index (χ0n) is 15.8. The van der Waals surface area contributed by atoms with Gasteiger partial charge in [0.05, 0.1) is 25.4 Å². The van der Waals surface area contributed by atoms with Gasteiger partial charge in [-0.1, -0.05) is 60.7 Å². The normalized spacial score (nSPS) is 24.9. The Morgan fingerprint density at radius 2 is 1.61 bits per heavy atom. The minimum atomic E-state index is -0.276. The van der Waals surface area contributed by atoms with Crippen molar-refractivity contribution in [1.82, 2.24) is 20.2 Å². The van der Waals surface area contributed by atoms with E-state index in [0.29, 0.717) is 19.6 Å². The Kier molecular flexibility index (Phi) is 6.06. The summed E-state index contributed by atoms with van der Waals surface area (Å²) >= 11 is 0. The van der Waals surface area contributed by atoms with Gasteiger partial charge in [0.15, 0.2) is 6.23 Å². The molecule has 0 bridgehead atoms. The van der Waals surface area contributed by atoms with Crippen LogP contribution in [0, 0.1) is 0 Å². The Bertz CT molecular complexity index is 829. The summed E-state index contributed by atoms with van der Waals surface area (Å²) in [6.07, 6.45) is 1.42. The van der Waals surface area contributed by atoms with Gasteiger partial charge in [0.2, 0.25) is 0 Å². The van der Waals surface area contributed by atoms with Gasteiger partial charge in [-0.25, -0.2) is 4.68 Å². The van der Waals surface area contributed by atoms with Crippen molar-refractivity contribution >= 4 is 0 Å². The second-order valence-corrected chi connectivity index (χ2v) is 6.92. The summed E-state index contributed by atoms with van der Waals surface area (Å²) in [5.74, 6) is 0. The van der Waals surface area contributed by atoms with E-state index in [0.717, 1.165) is 11.1 Å². The maximum atomic E-state index is 6.28. The molecule has 7 heteroatoms. The minimum absolute atomic E-state index is 0.137. The number of benzene rings is 2. The van der Waals surface area contributed by atoms with Crippen LogP contribution in [0.5, 0.6) is 0 Å². The first-order valence-corrected chi connectivity index (χ1v) is 9.48. The first-order valence-electron chi connectivity index (χ1n) is 9.48. The van der Waals surface area contributed by atoms with E-state index in [1.54, 1.807) is 11.0 Å². The zero-order valence-corrected chi connectivity index (χ0v) is 15.8. The molecule has 0 amide bonds. The van der Waals surface area contributed by atoms with E-state index in [4.69, 9.17) is 14.2 Å². The molecule has 1 aliphatic heterocycles. The van der Waals surface area contributed by atoms with Crippen molar-refractivity contribution in [1.29, 1.82) is 0 Å². The molecule has 1 aromatic heterocycles. The van der Waals surface area contributed by atoms with Gasteiger partial charge in [-0.3, -0.25) is 0 Å². The lowest BCUT2D eigenvalue weighted by molar-refractivity contribution is -0.222. The monoisotopic (exact) mass is 380 g/mol. The van der Waals surface area contributed by atoms with Crippen LogP contribution in [0.15, 0.2) is 67.0 Å². The molecule has 2 aromatic carbocycles. The molecule has 0 spiro atoms. The maximum absolute atomic E-state index is 6.28. The van der Waals surface area contributed by atoms with Gasteiger partial charge >= 0.3 is 0 Å². The lowest BCUT2D eigenvalue weighted by Gasteiger charge is -2.39. The molecule has 2 heterocycles. The van der Waals surface area contributed by atoms with Crippen molar-refractivity contribution in [3.8, 4) is 0 Å². The third kappa shape index (κ3) is 4.62. The molecule has 0 saturated carbocycles. The molecule has 7 nitrogen and oxygen atoms in total. The summed E-state index contributed by atoms with van der Waals surface area (Å²) in [7, 11) is 0.